The fourth-order valence-corrected chi connectivity index (χ4v) is 3.58. The first kappa shape index (κ1) is 20.4. The Balaban J connectivity index is 1.45. The highest BCUT2D eigenvalue weighted by atomic mass is 35.5. The Labute approximate surface area is 175 Å². The highest BCUT2D eigenvalue weighted by Crippen LogP contribution is 2.34. The van der Waals surface area contributed by atoms with Gasteiger partial charge in [-0.2, -0.15) is 0 Å². The second kappa shape index (κ2) is 8.45. The van der Waals surface area contributed by atoms with E-state index in [4.69, 9.17) is 25.5 Å². The molecule has 4 rings (SSSR count). The van der Waals surface area contributed by atoms with Crippen LogP contribution in [-0.4, -0.2) is 30.7 Å². The molecule has 0 unspecified atom stereocenters. The third kappa shape index (κ3) is 4.04. The number of carbonyl (C=O) groups is 1. The van der Waals surface area contributed by atoms with E-state index in [-0.39, 0.29) is 33.8 Å². The Hall–Kier alpha value is -2.90. The molecular formula is C22H18ClFO6. The summed E-state index contributed by atoms with van der Waals surface area (Å²) in [7, 11) is 0. The topological polar surface area (TPSA) is 86.0 Å². The third-order valence-corrected chi connectivity index (χ3v) is 5.31. The molecule has 1 aliphatic carbocycles. The number of halogens is 2. The van der Waals surface area contributed by atoms with E-state index in [1.54, 1.807) is 24.3 Å². The van der Waals surface area contributed by atoms with Crippen LogP contribution >= 0.6 is 11.6 Å². The van der Waals surface area contributed by atoms with E-state index in [1.165, 1.54) is 0 Å². The maximum Gasteiger partial charge on any atom is 0.235 e. The van der Waals surface area contributed by atoms with Gasteiger partial charge in [0.25, 0.3) is 0 Å². The second-order valence-electron chi connectivity index (χ2n) is 7.11. The molecule has 1 heterocycles. The fraction of sp³-hybridized carbons (Fsp3) is 0.273. The predicted molar refractivity (Wildman–Crippen MR) is 109 cm³/mol. The Morgan fingerprint density at radius 2 is 1.93 bits per heavy atom. The molecule has 0 amide bonds. The summed E-state index contributed by atoms with van der Waals surface area (Å²) < 4.78 is 30.4. The minimum Gasteiger partial charge on any atom is -0.502 e. The largest absolute Gasteiger partial charge is 0.502 e. The van der Waals surface area contributed by atoms with Crippen molar-refractivity contribution in [2.24, 2.45) is 5.92 Å². The van der Waals surface area contributed by atoms with E-state index < -0.39 is 17.0 Å². The van der Waals surface area contributed by atoms with Crippen LogP contribution < -0.4 is 10.2 Å². The first-order chi connectivity index (χ1) is 14.5. The number of ether oxygens (including phenoxy) is 2. The molecule has 0 saturated heterocycles. The van der Waals surface area contributed by atoms with E-state index in [9.17, 15) is 19.1 Å². The van der Waals surface area contributed by atoms with Crippen LogP contribution in [-0.2, 0) is 9.53 Å². The van der Waals surface area contributed by atoms with Gasteiger partial charge in [0, 0.05) is 11.5 Å². The van der Waals surface area contributed by atoms with Gasteiger partial charge in [-0.3, -0.25) is 4.79 Å². The van der Waals surface area contributed by atoms with Crippen molar-refractivity contribution in [3.05, 3.63) is 57.5 Å². The minimum atomic E-state index is -0.766. The van der Waals surface area contributed by atoms with Crippen LogP contribution in [0, 0.1) is 11.7 Å². The molecule has 1 aliphatic rings. The molecule has 1 N–H and O–H groups in total. The van der Waals surface area contributed by atoms with Crippen LogP contribution in [0.25, 0.3) is 22.3 Å². The zero-order chi connectivity index (χ0) is 21.3. The van der Waals surface area contributed by atoms with E-state index >= 15 is 0 Å². The van der Waals surface area contributed by atoms with Gasteiger partial charge in [0.1, 0.15) is 24.5 Å². The van der Waals surface area contributed by atoms with Gasteiger partial charge in [0.05, 0.1) is 23.1 Å². The van der Waals surface area contributed by atoms with Gasteiger partial charge in [-0.1, -0.05) is 11.6 Å². The lowest BCUT2D eigenvalue weighted by Crippen LogP contribution is -2.33. The Kier molecular flexibility index (Phi) is 5.74. The molecule has 8 heteroatoms. The maximum absolute atomic E-state index is 13.5. The normalized spacial score (nSPS) is 18.2. The standard InChI is InChI=1S/C22H18ClFO6/c23-18-10-14(24)9-17-19(26)20(27)21(30-22(17)18)13-1-3-15(4-2-13)28-5-6-29-16-7-12(8-16)11-25/h1-4,9-12,16,27H,5-8H2. The zero-order valence-corrected chi connectivity index (χ0v) is 16.5. The molecule has 1 fully saturated rings. The first-order valence-corrected chi connectivity index (χ1v) is 9.79. The molecule has 0 aliphatic heterocycles. The lowest BCUT2D eigenvalue weighted by atomic mass is 9.83. The number of rotatable bonds is 7. The van der Waals surface area contributed by atoms with E-state index in [0.717, 1.165) is 31.3 Å². The molecule has 0 spiro atoms. The summed E-state index contributed by atoms with van der Waals surface area (Å²) in [5, 5.41) is 10.1. The van der Waals surface area contributed by atoms with Gasteiger partial charge in [-0.15, -0.1) is 0 Å². The molecule has 2 aromatic carbocycles. The molecule has 3 aromatic rings. The third-order valence-electron chi connectivity index (χ3n) is 5.03. The summed E-state index contributed by atoms with van der Waals surface area (Å²) in [6.45, 7) is 0.756. The number of hydrogen-bond acceptors (Lipinski definition) is 6. The van der Waals surface area contributed by atoms with Crippen molar-refractivity contribution in [1.29, 1.82) is 0 Å². The highest BCUT2D eigenvalue weighted by molar-refractivity contribution is 6.34. The van der Waals surface area contributed by atoms with Crippen molar-refractivity contribution >= 4 is 28.9 Å². The smallest absolute Gasteiger partial charge is 0.235 e. The summed E-state index contributed by atoms with van der Waals surface area (Å²) in [6, 6.07) is 8.58. The van der Waals surface area contributed by atoms with Gasteiger partial charge in [-0.05, 0) is 49.2 Å². The highest BCUT2D eigenvalue weighted by Gasteiger charge is 2.29. The Morgan fingerprint density at radius 1 is 1.20 bits per heavy atom. The average molecular weight is 433 g/mol. The van der Waals surface area contributed by atoms with Crippen LogP contribution in [0.4, 0.5) is 4.39 Å². The van der Waals surface area contributed by atoms with Crippen LogP contribution in [0.15, 0.2) is 45.6 Å². The monoisotopic (exact) mass is 432 g/mol. The molecule has 1 aromatic heterocycles. The summed E-state index contributed by atoms with van der Waals surface area (Å²) in [6.07, 6.45) is 2.59. The van der Waals surface area contributed by atoms with Crippen LogP contribution in [0.5, 0.6) is 11.5 Å². The van der Waals surface area contributed by atoms with Gasteiger partial charge in [-0.25, -0.2) is 4.39 Å². The Bertz CT molecular complexity index is 1140. The van der Waals surface area contributed by atoms with Crippen LogP contribution in [0.2, 0.25) is 5.02 Å². The molecular weight excluding hydrogens is 415 g/mol. The van der Waals surface area contributed by atoms with E-state index in [1.807, 2.05) is 0 Å². The number of benzene rings is 2. The molecule has 1 saturated carbocycles. The van der Waals surface area contributed by atoms with Gasteiger partial charge in [0.15, 0.2) is 11.3 Å². The summed E-state index contributed by atoms with van der Waals surface area (Å²) in [5.74, 6) is -0.697. The molecule has 6 nitrogen and oxygen atoms in total. The molecule has 0 atom stereocenters. The number of carbonyl (C=O) groups excluding carboxylic acids is 1. The van der Waals surface area contributed by atoms with E-state index in [0.29, 0.717) is 24.5 Å². The number of fused-ring (bicyclic) bond motifs is 1. The summed E-state index contributed by atoms with van der Waals surface area (Å²) in [5.41, 5.74) is -0.330. The number of aldehydes is 1. The summed E-state index contributed by atoms with van der Waals surface area (Å²) >= 11 is 5.99. The summed E-state index contributed by atoms with van der Waals surface area (Å²) in [4.78, 5) is 23.0. The zero-order valence-electron chi connectivity index (χ0n) is 15.8. The SMILES string of the molecule is O=CC1CC(OCCOc2ccc(-c3oc4c(Cl)cc(F)cc4c(=O)c3O)cc2)C1. The Morgan fingerprint density at radius 3 is 2.63 bits per heavy atom. The first-order valence-electron chi connectivity index (χ1n) is 9.41. The van der Waals surface area contributed by atoms with Gasteiger partial charge < -0.3 is 23.8 Å². The molecule has 0 radical (unpaired) electrons. The average Bonchev–Trinajstić information content (AvgIpc) is 2.70. The van der Waals surface area contributed by atoms with Crippen molar-refractivity contribution in [3.8, 4) is 22.8 Å². The molecule has 30 heavy (non-hydrogen) atoms. The fourth-order valence-electron chi connectivity index (χ4n) is 3.34. The quantitative estimate of drug-likeness (QED) is 0.441. The van der Waals surface area contributed by atoms with Crippen molar-refractivity contribution in [2.45, 2.75) is 18.9 Å². The lowest BCUT2D eigenvalue weighted by Gasteiger charge is -2.31. The van der Waals surface area contributed by atoms with E-state index in [2.05, 4.69) is 0 Å². The van der Waals surface area contributed by atoms with Crippen LogP contribution in [0.3, 0.4) is 0 Å². The maximum atomic E-state index is 13.5. The van der Waals surface area contributed by atoms with Crippen molar-refractivity contribution in [1.82, 2.24) is 0 Å². The van der Waals surface area contributed by atoms with Crippen molar-refractivity contribution in [3.63, 3.8) is 0 Å². The van der Waals surface area contributed by atoms with Crippen molar-refractivity contribution < 1.29 is 28.2 Å². The molecule has 156 valence electrons. The van der Waals surface area contributed by atoms with Gasteiger partial charge >= 0.3 is 0 Å². The van der Waals surface area contributed by atoms with Crippen LogP contribution in [0.1, 0.15) is 12.8 Å². The lowest BCUT2D eigenvalue weighted by molar-refractivity contribution is -0.119. The molecule has 0 bridgehead atoms. The predicted octanol–water partition coefficient (Wildman–Crippen LogP) is 4.33. The number of hydrogen-bond donors (Lipinski definition) is 1. The van der Waals surface area contributed by atoms with Crippen molar-refractivity contribution in [2.75, 3.05) is 13.2 Å². The number of aromatic hydroxyl groups is 1. The van der Waals surface area contributed by atoms with Gasteiger partial charge in [0.2, 0.25) is 11.2 Å². The second-order valence-corrected chi connectivity index (χ2v) is 7.51. The minimum absolute atomic E-state index is 0.00107.